The number of hydrogen-bond acceptors (Lipinski definition) is 4. The van der Waals surface area contributed by atoms with Crippen molar-refractivity contribution in [3.8, 4) is 10.4 Å². The Morgan fingerprint density at radius 1 is 1.41 bits per heavy atom. The van der Waals surface area contributed by atoms with Crippen molar-refractivity contribution in [3.05, 3.63) is 18.1 Å². The Morgan fingerprint density at radius 3 is 2.94 bits per heavy atom. The monoisotopic (exact) mass is 250 g/mol. The van der Waals surface area contributed by atoms with Gasteiger partial charge in [0.05, 0.1) is 10.6 Å². The van der Waals surface area contributed by atoms with E-state index in [2.05, 4.69) is 35.4 Å². The summed E-state index contributed by atoms with van der Waals surface area (Å²) in [7, 11) is 1.96. The summed E-state index contributed by atoms with van der Waals surface area (Å²) in [6.45, 7) is 5.25. The summed E-state index contributed by atoms with van der Waals surface area (Å²) in [6, 6.07) is 0. The minimum atomic E-state index is 0.950. The van der Waals surface area contributed by atoms with Crippen molar-refractivity contribution in [1.82, 2.24) is 14.8 Å². The van der Waals surface area contributed by atoms with Crippen LogP contribution in [-0.2, 0) is 13.5 Å². The third kappa shape index (κ3) is 2.66. The molecular weight excluding hydrogens is 232 g/mol. The molecule has 1 N–H and O–H groups in total. The molecule has 0 saturated heterocycles. The molecule has 2 heterocycles. The number of hydrogen-bond donors (Lipinski definition) is 1. The average molecular weight is 250 g/mol. The first-order valence-electron chi connectivity index (χ1n) is 5.97. The van der Waals surface area contributed by atoms with Crippen molar-refractivity contribution in [2.75, 3.05) is 11.9 Å². The van der Waals surface area contributed by atoms with E-state index >= 15 is 0 Å². The van der Waals surface area contributed by atoms with Crippen molar-refractivity contribution in [3.63, 3.8) is 0 Å². The summed E-state index contributed by atoms with van der Waals surface area (Å²) in [5, 5.41) is 8.75. The first kappa shape index (κ1) is 12.1. The molecule has 0 bridgehead atoms. The highest BCUT2D eigenvalue weighted by molar-refractivity contribution is 7.18. The van der Waals surface area contributed by atoms with Gasteiger partial charge < -0.3 is 5.32 Å². The summed E-state index contributed by atoms with van der Waals surface area (Å²) >= 11 is 1.69. The Bertz CT molecular complexity index is 486. The van der Waals surface area contributed by atoms with Gasteiger partial charge in [-0.25, -0.2) is 4.98 Å². The molecule has 4 nitrogen and oxygen atoms in total. The molecular formula is C12H18N4S. The van der Waals surface area contributed by atoms with Crippen LogP contribution in [0.4, 0.5) is 5.13 Å². The standard InChI is InChI=1S/C12H18N4S/c1-4-6-13-12-14-7-11(17-12)9-8-16(3)15-10(9)5-2/h7-8H,4-6H2,1-3H3,(H,13,14). The third-order valence-electron chi connectivity index (χ3n) is 2.54. The summed E-state index contributed by atoms with van der Waals surface area (Å²) in [5.74, 6) is 0. The lowest BCUT2D eigenvalue weighted by atomic mass is 10.2. The van der Waals surface area contributed by atoms with Crippen molar-refractivity contribution in [2.45, 2.75) is 26.7 Å². The van der Waals surface area contributed by atoms with Crippen LogP contribution in [0.15, 0.2) is 12.4 Å². The second kappa shape index (κ2) is 5.31. The van der Waals surface area contributed by atoms with Crippen LogP contribution in [0, 0.1) is 0 Å². The lowest BCUT2D eigenvalue weighted by Crippen LogP contribution is -1.97. The molecule has 0 spiro atoms. The summed E-state index contributed by atoms with van der Waals surface area (Å²) in [6.07, 6.45) is 6.06. The van der Waals surface area contributed by atoms with Crippen molar-refractivity contribution < 1.29 is 0 Å². The molecule has 0 fully saturated rings. The molecule has 2 aromatic rings. The molecule has 92 valence electrons. The SMILES string of the molecule is CCCNc1ncc(-c2cn(C)nc2CC)s1. The minimum absolute atomic E-state index is 0.950. The molecule has 5 heteroatoms. The van der Waals surface area contributed by atoms with E-state index in [1.54, 1.807) is 11.3 Å². The van der Waals surface area contributed by atoms with E-state index < -0.39 is 0 Å². The van der Waals surface area contributed by atoms with E-state index in [9.17, 15) is 0 Å². The third-order valence-corrected chi connectivity index (χ3v) is 3.53. The van der Waals surface area contributed by atoms with E-state index in [0.717, 1.165) is 30.2 Å². The van der Waals surface area contributed by atoms with E-state index in [-0.39, 0.29) is 0 Å². The van der Waals surface area contributed by atoms with Crippen LogP contribution in [0.3, 0.4) is 0 Å². The zero-order valence-corrected chi connectivity index (χ0v) is 11.3. The quantitative estimate of drug-likeness (QED) is 0.887. The lowest BCUT2D eigenvalue weighted by molar-refractivity contribution is 0.746. The number of nitrogens with one attached hydrogen (secondary N) is 1. The zero-order valence-electron chi connectivity index (χ0n) is 10.5. The topological polar surface area (TPSA) is 42.7 Å². The molecule has 0 saturated carbocycles. The second-order valence-electron chi connectivity index (χ2n) is 3.97. The van der Waals surface area contributed by atoms with Gasteiger partial charge in [0, 0.05) is 31.5 Å². The molecule has 0 atom stereocenters. The summed E-state index contributed by atoms with van der Waals surface area (Å²) < 4.78 is 1.87. The average Bonchev–Trinajstić information content (AvgIpc) is 2.92. The van der Waals surface area contributed by atoms with Crippen molar-refractivity contribution in [1.29, 1.82) is 0 Å². The van der Waals surface area contributed by atoms with Gasteiger partial charge in [-0.2, -0.15) is 5.10 Å². The van der Waals surface area contributed by atoms with Crippen LogP contribution in [0.2, 0.25) is 0 Å². The molecule has 2 aromatic heterocycles. The van der Waals surface area contributed by atoms with E-state index in [0.29, 0.717) is 0 Å². The highest BCUT2D eigenvalue weighted by Crippen LogP contribution is 2.31. The largest absolute Gasteiger partial charge is 0.362 e. The maximum Gasteiger partial charge on any atom is 0.183 e. The Labute approximate surface area is 106 Å². The van der Waals surface area contributed by atoms with Crippen molar-refractivity contribution >= 4 is 16.5 Å². The fourth-order valence-electron chi connectivity index (χ4n) is 1.71. The van der Waals surface area contributed by atoms with Crippen LogP contribution in [0.1, 0.15) is 26.0 Å². The molecule has 0 aliphatic carbocycles. The van der Waals surface area contributed by atoms with Gasteiger partial charge in [-0.05, 0) is 12.8 Å². The van der Waals surface area contributed by atoms with E-state index in [1.807, 2.05) is 17.9 Å². The Balaban J connectivity index is 2.23. The highest BCUT2D eigenvalue weighted by atomic mass is 32.1. The van der Waals surface area contributed by atoms with Gasteiger partial charge in [0.25, 0.3) is 0 Å². The maximum absolute atomic E-state index is 4.45. The lowest BCUT2D eigenvalue weighted by Gasteiger charge is -1.97. The summed E-state index contributed by atoms with van der Waals surface area (Å²) in [5.41, 5.74) is 2.34. The van der Waals surface area contributed by atoms with Crippen LogP contribution < -0.4 is 5.32 Å². The number of aryl methyl sites for hydroxylation is 2. The van der Waals surface area contributed by atoms with E-state index in [1.165, 1.54) is 10.4 Å². The Morgan fingerprint density at radius 2 is 2.24 bits per heavy atom. The second-order valence-corrected chi connectivity index (χ2v) is 5.00. The van der Waals surface area contributed by atoms with Gasteiger partial charge in [-0.15, -0.1) is 0 Å². The molecule has 17 heavy (non-hydrogen) atoms. The molecule has 0 unspecified atom stereocenters. The van der Waals surface area contributed by atoms with Gasteiger partial charge in [0.15, 0.2) is 5.13 Å². The first-order chi connectivity index (χ1) is 8.24. The van der Waals surface area contributed by atoms with Crippen LogP contribution in [0.5, 0.6) is 0 Å². The van der Waals surface area contributed by atoms with Crippen molar-refractivity contribution in [2.24, 2.45) is 7.05 Å². The molecule has 2 rings (SSSR count). The van der Waals surface area contributed by atoms with Gasteiger partial charge in [-0.1, -0.05) is 25.2 Å². The number of thiazole rings is 1. The van der Waals surface area contributed by atoms with Crippen LogP contribution >= 0.6 is 11.3 Å². The molecule has 0 aromatic carbocycles. The molecule has 0 amide bonds. The summed E-state index contributed by atoms with van der Waals surface area (Å²) in [4.78, 5) is 5.57. The minimum Gasteiger partial charge on any atom is -0.362 e. The van der Waals surface area contributed by atoms with Gasteiger partial charge in [-0.3, -0.25) is 4.68 Å². The van der Waals surface area contributed by atoms with Crippen LogP contribution in [-0.4, -0.2) is 21.3 Å². The number of nitrogens with zero attached hydrogens (tertiary/aromatic N) is 3. The molecule has 0 aliphatic rings. The normalized spacial score (nSPS) is 10.8. The predicted octanol–water partition coefficient (Wildman–Crippen LogP) is 2.93. The maximum atomic E-state index is 4.45. The Hall–Kier alpha value is -1.36. The predicted molar refractivity (Wildman–Crippen MR) is 72.5 cm³/mol. The van der Waals surface area contributed by atoms with Crippen LogP contribution in [0.25, 0.3) is 10.4 Å². The molecule has 0 aliphatic heterocycles. The highest BCUT2D eigenvalue weighted by Gasteiger charge is 2.11. The fraction of sp³-hybridized carbons (Fsp3) is 0.500. The van der Waals surface area contributed by atoms with Gasteiger partial charge in [0.2, 0.25) is 0 Å². The Kier molecular flexibility index (Phi) is 3.78. The fourth-order valence-corrected chi connectivity index (χ4v) is 2.59. The number of aromatic nitrogens is 3. The number of rotatable bonds is 5. The smallest absolute Gasteiger partial charge is 0.183 e. The van der Waals surface area contributed by atoms with E-state index in [4.69, 9.17) is 0 Å². The van der Waals surface area contributed by atoms with Gasteiger partial charge in [0.1, 0.15) is 0 Å². The number of anilines is 1. The zero-order chi connectivity index (χ0) is 12.3. The van der Waals surface area contributed by atoms with Gasteiger partial charge >= 0.3 is 0 Å². The first-order valence-corrected chi connectivity index (χ1v) is 6.78. The molecule has 0 radical (unpaired) electrons.